The zero-order chi connectivity index (χ0) is 17.4. The molecule has 1 amide bonds. The number of rotatable bonds is 3. The predicted octanol–water partition coefficient (Wildman–Crippen LogP) is 2.02. The third-order valence-corrected chi connectivity index (χ3v) is 3.88. The SMILES string of the molecule is Cn1cc(C(=O)Nc2ccnc3cccnc23)c(-c2ccnn2C)n1. The molecule has 0 aliphatic rings. The zero-order valence-corrected chi connectivity index (χ0v) is 13.7. The predicted molar refractivity (Wildman–Crippen MR) is 92.9 cm³/mol. The fourth-order valence-corrected chi connectivity index (χ4v) is 2.72. The normalized spacial score (nSPS) is 11.0. The second-order valence-electron chi connectivity index (χ2n) is 5.59. The number of fused-ring (bicyclic) bond motifs is 1. The maximum absolute atomic E-state index is 12.9. The van der Waals surface area contributed by atoms with Crippen LogP contribution in [-0.2, 0) is 14.1 Å². The lowest BCUT2D eigenvalue weighted by Crippen LogP contribution is -2.13. The van der Waals surface area contributed by atoms with Crippen LogP contribution in [0, 0.1) is 0 Å². The van der Waals surface area contributed by atoms with E-state index in [1.165, 1.54) is 0 Å². The van der Waals surface area contributed by atoms with Crippen LogP contribution in [0.1, 0.15) is 10.4 Å². The Bertz CT molecular complexity index is 1070. The standard InChI is InChI=1S/C17H15N7O/c1-23-10-11(15(22-23)14-6-9-20-24(14)2)17(25)21-13-5-8-18-12-4-3-7-19-16(12)13/h3-10H,1-2H3,(H,18,21,25). The molecule has 4 aromatic heterocycles. The molecule has 1 N–H and O–H groups in total. The number of carbonyl (C=O) groups is 1. The highest BCUT2D eigenvalue weighted by Crippen LogP contribution is 2.24. The molecule has 0 saturated carbocycles. The molecule has 8 heteroatoms. The van der Waals surface area contributed by atoms with Gasteiger partial charge in [0.25, 0.3) is 5.91 Å². The van der Waals surface area contributed by atoms with Crippen molar-refractivity contribution in [1.29, 1.82) is 0 Å². The molecule has 0 aliphatic heterocycles. The van der Waals surface area contributed by atoms with E-state index in [4.69, 9.17) is 0 Å². The van der Waals surface area contributed by atoms with E-state index in [1.807, 2.05) is 25.2 Å². The number of amides is 1. The fourth-order valence-electron chi connectivity index (χ4n) is 2.72. The molecule has 0 atom stereocenters. The number of anilines is 1. The smallest absolute Gasteiger partial charge is 0.259 e. The van der Waals surface area contributed by atoms with E-state index in [-0.39, 0.29) is 5.91 Å². The Morgan fingerprint density at radius 2 is 1.96 bits per heavy atom. The summed E-state index contributed by atoms with van der Waals surface area (Å²) in [6.45, 7) is 0. The number of aryl methyl sites for hydroxylation is 2. The van der Waals surface area contributed by atoms with Gasteiger partial charge in [-0.2, -0.15) is 10.2 Å². The van der Waals surface area contributed by atoms with Gasteiger partial charge in [0.05, 0.1) is 22.5 Å². The Kier molecular flexibility index (Phi) is 3.50. The Morgan fingerprint density at radius 1 is 1.08 bits per heavy atom. The maximum Gasteiger partial charge on any atom is 0.259 e. The van der Waals surface area contributed by atoms with Crippen LogP contribution < -0.4 is 5.32 Å². The number of nitrogens with one attached hydrogen (secondary N) is 1. The van der Waals surface area contributed by atoms with Crippen LogP contribution in [0.25, 0.3) is 22.4 Å². The lowest BCUT2D eigenvalue weighted by atomic mass is 10.1. The highest BCUT2D eigenvalue weighted by atomic mass is 16.1. The van der Waals surface area contributed by atoms with Crippen LogP contribution in [0.4, 0.5) is 5.69 Å². The first-order valence-electron chi connectivity index (χ1n) is 7.66. The summed E-state index contributed by atoms with van der Waals surface area (Å²) in [4.78, 5) is 21.4. The second kappa shape index (κ2) is 5.82. The largest absolute Gasteiger partial charge is 0.320 e. The molecule has 0 unspecified atom stereocenters. The number of pyridine rings is 2. The fraction of sp³-hybridized carbons (Fsp3) is 0.118. The number of hydrogen-bond donors (Lipinski definition) is 1. The summed E-state index contributed by atoms with van der Waals surface area (Å²) < 4.78 is 3.29. The van der Waals surface area contributed by atoms with Crippen LogP contribution in [0.15, 0.2) is 49.1 Å². The summed E-state index contributed by atoms with van der Waals surface area (Å²) in [5.41, 5.74) is 3.78. The molecule has 0 radical (unpaired) electrons. The van der Waals surface area contributed by atoms with Crippen LogP contribution in [0.5, 0.6) is 0 Å². The Hall–Kier alpha value is -3.55. The molecule has 0 saturated heterocycles. The van der Waals surface area contributed by atoms with Crippen molar-refractivity contribution >= 4 is 22.6 Å². The molecular formula is C17H15N7O. The van der Waals surface area contributed by atoms with Crippen LogP contribution >= 0.6 is 0 Å². The van der Waals surface area contributed by atoms with Gasteiger partial charge in [-0.25, -0.2) is 0 Å². The average molecular weight is 333 g/mol. The van der Waals surface area contributed by atoms with Crippen molar-refractivity contribution < 1.29 is 4.79 Å². The first-order valence-corrected chi connectivity index (χ1v) is 7.66. The first-order chi connectivity index (χ1) is 12.1. The van der Waals surface area contributed by atoms with E-state index in [0.29, 0.717) is 22.5 Å². The van der Waals surface area contributed by atoms with Crippen molar-refractivity contribution in [2.45, 2.75) is 0 Å². The van der Waals surface area contributed by atoms with Crippen LogP contribution in [0.3, 0.4) is 0 Å². The van der Waals surface area contributed by atoms with Gasteiger partial charge in [0.15, 0.2) is 0 Å². The highest BCUT2D eigenvalue weighted by Gasteiger charge is 2.20. The lowest BCUT2D eigenvalue weighted by molar-refractivity contribution is 0.102. The molecule has 4 heterocycles. The summed E-state index contributed by atoms with van der Waals surface area (Å²) in [7, 11) is 3.59. The van der Waals surface area contributed by atoms with Gasteiger partial charge in [0.1, 0.15) is 11.2 Å². The zero-order valence-electron chi connectivity index (χ0n) is 13.7. The minimum atomic E-state index is -0.262. The van der Waals surface area contributed by atoms with E-state index in [2.05, 4.69) is 25.5 Å². The van der Waals surface area contributed by atoms with Gasteiger partial charge in [-0.1, -0.05) is 0 Å². The molecule has 0 fully saturated rings. The van der Waals surface area contributed by atoms with Crippen molar-refractivity contribution in [2.24, 2.45) is 14.1 Å². The summed E-state index contributed by atoms with van der Waals surface area (Å²) in [6.07, 6.45) is 6.68. The summed E-state index contributed by atoms with van der Waals surface area (Å²) in [5, 5.41) is 11.5. The van der Waals surface area contributed by atoms with E-state index >= 15 is 0 Å². The minimum absolute atomic E-state index is 0.262. The van der Waals surface area contributed by atoms with Crippen molar-refractivity contribution in [1.82, 2.24) is 29.5 Å². The third-order valence-electron chi connectivity index (χ3n) is 3.88. The topological polar surface area (TPSA) is 90.5 Å². The molecule has 0 bridgehead atoms. The van der Waals surface area contributed by atoms with Gasteiger partial charge >= 0.3 is 0 Å². The Morgan fingerprint density at radius 3 is 2.76 bits per heavy atom. The van der Waals surface area contributed by atoms with E-state index in [9.17, 15) is 4.79 Å². The third kappa shape index (κ3) is 2.63. The highest BCUT2D eigenvalue weighted by molar-refractivity contribution is 6.10. The molecule has 4 rings (SSSR count). The summed E-state index contributed by atoms with van der Waals surface area (Å²) in [5.74, 6) is -0.262. The van der Waals surface area contributed by atoms with Gasteiger partial charge in [-0.15, -0.1) is 0 Å². The average Bonchev–Trinajstić information content (AvgIpc) is 3.20. The molecule has 4 aromatic rings. The van der Waals surface area contributed by atoms with Gasteiger partial charge in [-0.3, -0.25) is 24.1 Å². The molecule has 0 aromatic carbocycles. The summed E-state index contributed by atoms with van der Waals surface area (Å²) in [6, 6.07) is 7.21. The van der Waals surface area contributed by atoms with Gasteiger partial charge in [0.2, 0.25) is 0 Å². The molecule has 0 spiro atoms. The molecule has 25 heavy (non-hydrogen) atoms. The maximum atomic E-state index is 12.9. The molecule has 8 nitrogen and oxygen atoms in total. The Balaban J connectivity index is 1.74. The van der Waals surface area contributed by atoms with E-state index < -0.39 is 0 Å². The number of nitrogens with zero attached hydrogens (tertiary/aromatic N) is 6. The van der Waals surface area contributed by atoms with Crippen molar-refractivity contribution in [3.05, 3.63) is 54.6 Å². The van der Waals surface area contributed by atoms with Crippen LogP contribution in [-0.4, -0.2) is 35.4 Å². The molecular weight excluding hydrogens is 318 g/mol. The van der Waals surface area contributed by atoms with E-state index in [1.54, 1.807) is 47.3 Å². The van der Waals surface area contributed by atoms with Crippen LogP contribution in [0.2, 0.25) is 0 Å². The van der Waals surface area contributed by atoms with Crippen molar-refractivity contribution in [3.63, 3.8) is 0 Å². The molecule has 0 aliphatic carbocycles. The number of hydrogen-bond acceptors (Lipinski definition) is 5. The monoisotopic (exact) mass is 333 g/mol. The quantitative estimate of drug-likeness (QED) is 0.619. The van der Waals surface area contributed by atoms with Gasteiger partial charge in [-0.05, 0) is 24.3 Å². The number of carbonyl (C=O) groups excluding carboxylic acids is 1. The first kappa shape index (κ1) is 15.0. The minimum Gasteiger partial charge on any atom is -0.320 e. The second-order valence-corrected chi connectivity index (χ2v) is 5.59. The van der Waals surface area contributed by atoms with Crippen molar-refractivity contribution in [2.75, 3.05) is 5.32 Å². The Labute approximate surface area is 143 Å². The van der Waals surface area contributed by atoms with Crippen molar-refractivity contribution in [3.8, 4) is 11.4 Å². The van der Waals surface area contributed by atoms with Gasteiger partial charge < -0.3 is 5.32 Å². The molecule has 124 valence electrons. The summed E-state index contributed by atoms with van der Waals surface area (Å²) >= 11 is 0. The van der Waals surface area contributed by atoms with E-state index in [0.717, 1.165) is 11.2 Å². The van der Waals surface area contributed by atoms with Gasteiger partial charge in [0, 0.05) is 38.9 Å². The lowest BCUT2D eigenvalue weighted by Gasteiger charge is -2.07. The number of aromatic nitrogens is 6.